The summed E-state index contributed by atoms with van der Waals surface area (Å²) in [6, 6.07) is 7.29. The van der Waals surface area contributed by atoms with Gasteiger partial charge in [0.1, 0.15) is 22.7 Å². The molecular formula is C18H12F4N2O4. The van der Waals surface area contributed by atoms with Crippen molar-refractivity contribution in [3.8, 4) is 0 Å². The number of urea groups is 1. The number of halogens is 4. The second-order valence-corrected chi connectivity index (χ2v) is 5.74. The van der Waals surface area contributed by atoms with Crippen LogP contribution in [0.15, 0.2) is 46.9 Å². The molecule has 0 saturated carbocycles. The Kier molecular flexibility index (Phi) is 4.95. The summed E-state index contributed by atoms with van der Waals surface area (Å²) in [7, 11) is 0. The minimum Gasteiger partial charge on any atom is -0.478 e. The van der Waals surface area contributed by atoms with Crippen molar-refractivity contribution in [1.82, 2.24) is 5.32 Å². The average Bonchev–Trinajstić information content (AvgIpc) is 3.01. The molecule has 0 aliphatic carbocycles. The van der Waals surface area contributed by atoms with Crippen LogP contribution in [0.5, 0.6) is 0 Å². The zero-order chi connectivity index (χ0) is 20.5. The molecule has 0 radical (unpaired) electrons. The number of amides is 2. The van der Waals surface area contributed by atoms with Crippen molar-refractivity contribution in [3.05, 3.63) is 65.2 Å². The van der Waals surface area contributed by atoms with Gasteiger partial charge in [-0.3, -0.25) is 0 Å². The van der Waals surface area contributed by atoms with Gasteiger partial charge in [-0.05, 0) is 30.3 Å². The fraction of sp³-hybridized carbons (Fsp3) is 0.111. The highest BCUT2D eigenvalue weighted by atomic mass is 19.4. The van der Waals surface area contributed by atoms with Crippen molar-refractivity contribution >= 4 is 28.7 Å². The fourth-order valence-electron chi connectivity index (χ4n) is 2.58. The number of alkyl halides is 3. The summed E-state index contributed by atoms with van der Waals surface area (Å²) in [5.74, 6) is -2.34. The third-order valence-electron chi connectivity index (χ3n) is 3.77. The van der Waals surface area contributed by atoms with Gasteiger partial charge in [0.2, 0.25) is 0 Å². The average molecular weight is 396 g/mol. The van der Waals surface area contributed by atoms with Crippen LogP contribution in [0.25, 0.3) is 11.0 Å². The normalized spacial score (nSPS) is 11.4. The van der Waals surface area contributed by atoms with Crippen LogP contribution in [-0.4, -0.2) is 17.1 Å². The highest BCUT2D eigenvalue weighted by Crippen LogP contribution is 2.36. The summed E-state index contributed by atoms with van der Waals surface area (Å²) >= 11 is 0. The molecule has 0 bridgehead atoms. The van der Waals surface area contributed by atoms with E-state index in [2.05, 4.69) is 10.6 Å². The Morgan fingerprint density at radius 1 is 1.11 bits per heavy atom. The highest BCUT2D eigenvalue weighted by Gasteiger charge is 2.35. The fourth-order valence-corrected chi connectivity index (χ4v) is 2.58. The Balaban J connectivity index is 1.76. The molecule has 0 unspecified atom stereocenters. The van der Waals surface area contributed by atoms with Crippen molar-refractivity contribution in [2.24, 2.45) is 0 Å². The van der Waals surface area contributed by atoms with Crippen LogP contribution in [0.1, 0.15) is 21.7 Å². The molecule has 28 heavy (non-hydrogen) atoms. The number of rotatable bonds is 4. The first-order valence-electron chi connectivity index (χ1n) is 7.81. The summed E-state index contributed by atoms with van der Waals surface area (Å²) in [4.78, 5) is 23.1. The molecule has 2 aromatic carbocycles. The molecule has 3 N–H and O–H groups in total. The Bertz CT molecular complexity index is 1060. The summed E-state index contributed by atoms with van der Waals surface area (Å²) in [6.07, 6.45) is -4.80. The van der Waals surface area contributed by atoms with E-state index >= 15 is 0 Å². The maximum absolute atomic E-state index is 13.4. The number of carbonyl (C=O) groups is 2. The van der Waals surface area contributed by atoms with Crippen LogP contribution in [0.4, 0.5) is 28.0 Å². The molecule has 6 nitrogen and oxygen atoms in total. The number of hydrogen-bond donors (Lipinski definition) is 3. The van der Waals surface area contributed by atoms with E-state index < -0.39 is 35.1 Å². The predicted molar refractivity (Wildman–Crippen MR) is 90.4 cm³/mol. The first kappa shape index (κ1) is 19.2. The Morgan fingerprint density at radius 3 is 2.50 bits per heavy atom. The third kappa shape index (κ3) is 4.05. The van der Waals surface area contributed by atoms with Crippen molar-refractivity contribution < 1.29 is 36.7 Å². The molecule has 0 fully saturated rings. The number of carboxylic acid groups (broad SMARTS) is 1. The number of carboxylic acids is 1. The molecule has 0 aliphatic heterocycles. The number of fused-ring (bicyclic) bond motifs is 1. The molecule has 0 aliphatic rings. The molecule has 3 aromatic rings. The summed E-state index contributed by atoms with van der Waals surface area (Å²) in [6.45, 7) is -0.297. The van der Waals surface area contributed by atoms with Gasteiger partial charge in [-0.15, -0.1) is 0 Å². The van der Waals surface area contributed by atoms with Gasteiger partial charge in [0, 0.05) is 5.39 Å². The zero-order valence-corrected chi connectivity index (χ0v) is 13.9. The lowest BCUT2D eigenvalue weighted by molar-refractivity contribution is -0.137. The van der Waals surface area contributed by atoms with Gasteiger partial charge in [-0.1, -0.05) is 12.1 Å². The van der Waals surface area contributed by atoms with E-state index in [0.29, 0.717) is 6.07 Å². The van der Waals surface area contributed by atoms with Crippen LogP contribution >= 0.6 is 0 Å². The molecule has 1 heterocycles. The number of carbonyl (C=O) groups excluding carboxylic acids is 1. The number of aromatic carboxylic acids is 1. The van der Waals surface area contributed by atoms with Gasteiger partial charge < -0.3 is 20.2 Å². The minimum atomic E-state index is -4.80. The van der Waals surface area contributed by atoms with Crippen LogP contribution in [-0.2, 0) is 12.7 Å². The van der Waals surface area contributed by atoms with Gasteiger partial charge in [-0.2, -0.15) is 13.2 Å². The van der Waals surface area contributed by atoms with Crippen LogP contribution in [0.3, 0.4) is 0 Å². The lowest BCUT2D eigenvalue weighted by atomic mass is 10.1. The van der Waals surface area contributed by atoms with Crippen LogP contribution < -0.4 is 10.6 Å². The summed E-state index contributed by atoms with van der Waals surface area (Å²) in [5.41, 5.74) is -1.89. The molecule has 1 aromatic heterocycles. The lowest BCUT2D eigenvalue weighted by Gasteiger charge is -2.09. The van der Waals surface area contributed by atoms with Gasteiger partial charge in [0.15, 0.2) is 0 Å². The SMILES string of the molecule is O=C(NCc1cc2cc(F)cc(C(F)(F)F)c2o1)Nc1ccccc1C(=O)O. The van der Waals surface area contributed by atoms with E-state index in [1.54, 1.807) is 0 Å². The second-order valence-electron chi connectivity index (χ2n) is 5.74. The maximum atomic E-state index is 13.4. The topological polar surface area (TPSA) is 91.6 Å². The lowest BCUT2D eigenvalue weighted by Crippen LogP contribution is -2.28. The predicted octanol–water partition coefficient (Wildman–Crippen LogP) is 4.61. The number of anilines is 1. The quantitative estimate of drug-likeness (QED) is 0.562. The van der Waals surface area contributed by atoms with Crippen molar-refractivity contribution in [2.75, 3.05) is 5.32 Å². The number of para-hydroxylation sites is 1. The molecule has 0 spiro atoms. The molecular weight excluding hydrogens is 384 g/mol. The summed E-state index contributed by atoms with van der Waals surface area (Å²) in [5, 5.41) is 13.6. The maximum Gasteiger partial charge on any atom is 0.420 e. The highest BCUT2D eigenvalue weighted by molar-refractivity contribution is 5.99. The van der Waals surface area contributed by atoms with E-state index in [-0.39, 0.29) is 28.9 Å². The van der Waals surface area contributed by atoms with E-state index in [0.717, 1.165) is 6.07 Å². The van der Waals surface area contributed by atoms with E-state index in [9.17, 15) is 27.2 Å². The Hall–Kier alpha value is -3.56. The second kappa shape index (κ2) is 7.22. The van der Waals surface area contributed by atoms with E-state index in [4.69, 9.17) is 9.52 Å². The van der Waals surface area contributed by atoms with E-state index in [1.165, 1.54) is 30.3 Å². The van der Waals surface area contributed by atoms with Gasteiger partial charge in [0.05, 0.1) is 17.8 Å². The van der Waals surface area contributed by atoms with E-state index in [1.807, 2.05) is 0 Å². The zero-order valence-electron chi connectivity index (χ0n) is 13.9. The van der Waals surface area contributed by atoms with Gasteiger partial charge in [0.25, 0.3) is 0 Å². The van der Waals surface area contributed by atoms with Crippen molar-refractivity contribution in [1.29, 1.82) is 0 Å². The van der Waals surface area contributed by atoms with Crippen molar-refractivity contribution in [2.45, 2.75) is 12.7 Å². The van der Waals surface area contributed by atoms with Crippen molar-refractivity contribution in [3.63, 3.8) is 0 Å². The van der Waals surface area contributed by atoms with Crippen LogP contribution in [0, 0.1) is 5.82 Å². The number of furan rings is 1. The summed E-state index contributed by atoms with van der Waals surface area (Å²) < 4.78 is 57.6. The molecule has 10 heteroatoms. The third-order valence-corrected chi connectivity index (χ3v) is 3.77. The smallest absolute Gasteiger partial charge is 0.420 e. The molecule has 146 valence electrons. The first-order valence-corrected chi connectivity index (χ1v) is 7.81. The Labute approximate surface area is 154 Å². The standard InChI is InChI=1S/C18H12F4N2O4/c19-10-5-9-6-11(28-15(9)13(7-10)18(20,21)22)8-23-17(27)24-14-4-2-1-3-12(14)16(25)26/h1-7H,8H2,(H,25,26)(H2,23,24,27). The van der Waals surface area contributed by atoms with Gasteiger partial charge >= 0.3 is 18.2 Å². The first-order chi connectivity index (χ1) is 13.1. The molecule has 2 amide bonds. The largest absolute Gasteiger partial charge is 0.478 e. The number of nitrogens with one attached hydrogen (secondary N) is 2. The number of hydrogen-bond acceptors (Lipinski definition) is 3. The monoisotopic (exact) mass is 396 g/mol. The molecule has 0 atom stereocenters. The molecule has 3 rings (SSSR count). The minimum absolute atomic E-state index is 0.0345. The molecule has 0 saturated heterocycles. The van der Waals surface area contributed by atoms with Crippen LogP contribution in [0.2, 0.25) is 0 Å². The Morgan fingerprint density at radius 2 is 1.82 bits per heavy atom. The van der Waals surface area contributed by atoms with Gasteiger partial charge in [-0.25, -0.2) is 14.0 Å². The number of benzene rings is 2.